The standard InChI is InChI=1S/C17H17ClN4OS3/c18-12-5-3-11(4-6-12)15-20-13(9-24-15)10-25-17-22-21-16(26-17)19-8-14-2-1-7-23-14/h3-6,9,14H,1-2,7-8,10H2,(H,19,21). The average molecular weight is 425 g/mol. The monoisotopic (exact) mass is 424 g/mol. The maximum Gasteiger partial charge on any atom is 0.206 e. The summed E-state index contributed by atoms with van der Waals surface area (Å²) in [5, 5.41) is 16.4. The van der Waals surface area contributed by atoms with Crippen molar-refractivity contribution in [3.8, 4) is 10.6 Å². The number of hydrogen-bond acceptors (Lipinski definition) is 8. The van der Waals surface area contributed by atoms with Crippen molar-refractivity contribution in [2.24, 2.45) is 0 Å². The second-order valence-electron chi connectivity index (χ2n) is 5.83. The molecule has 0 spiro atoms. The molecule has 3 heterocycles. The molecule has 1 aliphatic heterocycles. The summed E-state index contributed by atoms with van der Waals surface area (Å²) in [6, 6.07) is 7.77. The molecule has 0 aliphatic carbocycles. The van der Waals surface area contributed by atoms with Crippen molar-refractivity contribution in [1.82, 2.24) is 15.2 Å². The molecule has 4 rings (SSSR count). The van der Waals surface area contributed by atoms with E-state index in [-0.39, 0.29) is 0 Å². The summed E-state index contributed by atoms with van der Waals surface area (Å²) >= 11 is 10.8. The quantitative estimate of drug-likeness (QED) is 0.526. The predicted molar refractivity (Wildman–Crippen MR) is 109 cm³/mol. The predicted octanol–water partition coefficient (Wildman–Crippen LogP) is 5.20. The smallest absolute Gasteiger partial charge is 0.206 e. The number of rotatable bonds is 7. The van der Waals surface area contributed by atoms with E-state index in [1.54, 1.807) is 34.4 Å². The number of anilines is 1. The van der Waals surface area contributed by atoms with Gasteiger partial charge in [-0.25, -0.2) is 4.98 Å². The largest absolute Gasteiger partial charge is 0.376 e. The molecule has 26 heavy (non-hydrogen) atoms. The van der Waals surface area contributed by atoms with Gasteiger partial charge in [-0.15, -0.1) is 21.5 Å². The first-order valence-electron chi connectivity index (χ1n) is 8.28. The molecule has 1 saturated heterocycles. The van der Waals surface area contributed by atoms with E-state index >= 15 is 0 Å². The van der Waals surface area contributed by atoms with Crippen LogP contribution in [0.25, 0.3) is 10.6 Å². The summed E-state index contributed by atoms with van der Waals surface area (Å²) < 4.78 is 6.55. The minimum atomic E-state index is 0.302. The van der Waals surface area contributed by atoms with E-state index in [9.17, 15) is 0 Å². The molecule has 1 unspecified atom stereocenters. The Morgan fingerprint density at radius 3 is 2.96 bits per heavy atom. The van der Waals surface area contributed by atoms with Gasteiger partial charge in [-0.1, -0.05) is 46.8 Å². The molecule has 1 aromatic carbocycles. The molecule has 1 aliphatic rings. The third kappa shape index (κ3) is 4.75. The van der Waals surface area contributed by atoms with Crippen LogP contribution in [0.5, 0.6) is 0 Å². The maximum atomic E-state index is 5.94. The van der Waals surface area contributed by atoms with Gasteiger partial charge in [0.2, 0.25) is 5.13 Å². The summed E-state index contributed by atoms with van der Waals surface area (Å²) in [7, 11) is 0. The first kappa shape index (κ1) is 18.2. The zero-order valence-corrected chi connectivity index (χ0v) is 17.1. The van der Waals surface area contributed by atoms with Crippen molar-refractivity contribution >= 4 is 51.2 Å². The van der Waals surface area contributed by atoms with E-state index in [4.69, 9.17) is 21.3 Å². The van der Waals surface area contributed by atoms with Gasteiger partial charge in [-0.3, -0.25) is 0 Å². The Morgan fingerprint density at radius 2 is 2.15 bits per heavy atom. The first-order chi connectivity index (χ1) is 12.8. The molecule has 136 valence electrons. The van der Waals surface area contributed by atoms with E-state index in [0.717, 1.165) is 62.5 Å². The maximum absolute atomic E-state index is 5.94. The van der Waals surface area contributed by atoms with E-state index in [1.165, 1.54) is 0 Å². The molecule has 2 aromatic heterocycles. The van der Waals surface area contributed by atoms with Crippen LogP contribution in [-0.2, 0) is 10.5 Å². The number of hydrogen-bond donors (Lipinski definition) is 1. The number of nitrogens with zero attached hydrogens (tertiary/aromatic N) is 3. The Hall–Kier alpha value is -1.19. The first-order valence-corrected chi connectivity index (χ1v) is 11.3. The van der Waals surface area contributed by atoms with Gasteiger partial charge in [0.15, 0.2) is 4.34 Å². The van der Waals surface area contributed by atoms with Crippen molar-refractivity contribution in [2.45, 2.75) is 29.0 Å². The molecule has 9 heteroatoms. The van der Waals surface area contributed by atoms with Gasteiger partial charge >= 0.3 is 0 Å². The fourth-order valence-corrected chi connectivity index (χ4v) is 5.29. The van der Waals surface area contributed by atoms with Gasteiger partial charge in [0, 0.05) is 34.9 Å². The van der Waals surface area contributed by atoms with Crippen LogP contribution in [0, 0.1) is 0 Å². The van der Waals surface area contributed by atoms with Crippen LogP contribution in [-0.4, -0.2) is 34.4 Å². The van der Waals surface area contributed by atoms with Gasteiger partial charge in [0.25, 0.3) is 0 Å². The van der Waals surface area contributed by atoms with Crippen molar-refractivity contribution in [3.63, 3.8) is 0 Å². The second-order valence-corrected chi connectivity index (χ2v) is 9.32. The van der Waals surface area contributed by atoms with E-state index in [0.29, 0.717) is 6.10 Å². The molecule has 1 atom stereocenters. The van der Waals surface area contributed by atoms with Gasteiger partial charge in [-0.2, -0.15) is 0 Å². The summed E-state index contributed by atoms with van der Waals surface area (Å²) in [6.07, 6.45) is 2.57. The number of thioether (sulfide) groups is 1. The van der Waals surface area contributed by atoms with Crippen molar-refractivity contribution in [1.29, 1.82) is 0 Å². The molecule has 5 nitrogen and oxygen atoms in total. The number of thiazole rings is 1. The highest BCUT2D eigenvalue weighted by molar-refractivity contribution is 8.00. The zero-order chi connectivity index (χ0) is 17.8. The van der Waals surface area contributed by atoms with E-state index in [1.807, 2.05) is 24.3 Å². The fraction of sp³-hybridized carbons (Fsp3) is 0.353. The van der Waals surface area contributed by atoms with Crippen molar-refractivity contribution in [3.05, 3.63) is 40.4 Å². The molecule has 1 fully saturated rings. The minimum absolute atomic E-state index is 0.302. The molecular formula is C17H17ClN4OS3. The van der Waals surface area contributed by atoms with Gasteiger partial charge in [-0.05, 0) is 25.0 Å². The van der Waals surface area contributed by atoms with Crippen LogP contribution >= 0.6 is 46.0 Å². The summed E-state index contributed by atoms with van der Waals surface area (Å²) in [5.74, 6) is 0.782. The van der Waals surface area contributed by atoms with Gasteiger partial charge < -0.3 is 10.1 Å². The van der Waals surface area contributed by atoms with E-state index < -0.39 is 0 Å². The van der Waals surface area contributed by atoms with Crippen molar-refractivity contribution < 1.29 is 4.74 Å². The Kier molecular flexibility index (Phi) is 6.06. The lowest BCUT2D eigenvalue weighted by atomic mass is 10.2. The second kappa shape index (κ2) is 8.67. The van der Waals surface area contributed by atoms with Crippen molar-refractivity contribution in [2.75, 3.05) is 18.5 Å². The van der Waals surface area contributed by atoms with Crippen LogP contribution in [0.4, 0.5) is 5.13 Å². The summed E-state index contributed by atoms with van der Waals surface area (Å²) in [5.41, 5.74) is 2.14. The normalized spacial score (nSPS) is 16.9. The van der Waals surface area contributed by atoms with Crippen LogP contribution < -0.4 is 5.32 Å². The summed E-state index contributed by atoms with van der Waals surface area (Å²) in [6.45, 7) is 1.67. The number of halogens is 1. The zero-order valence-electron chi connectivity index (χ0n) is 13.9. The highest BCUT2D eigenvalue weighted by Gasteiger charge is 2.16. The summed E-state index contributed by atoms with van der Waals surface area (Å²) in [4.78, 5) is 4.70. The van der Waals surface area contributed by atoms with Crippen LogP contribution in [0.15, 0.2) is 34.0 Å². The molecule has 0 amide bonds. The third-order valence-corrected chi connectivity index (χ3v) is 7.14. The lowest BCUT2D eigenvalue weighted by Crippen LogP contribution is -2.18. The third-order valence-electron chi connectivity index (χ3n) is 3.90. The Morgan fingerprint density at radius 1 is 1.27 bits per heavy atom. The lowest BCUT2D eigenvalue weighted by molar-refractivity contribution is 0.120. The topological polar surface area (TPSA) is 59.9 Å². The van der Waals surface area contributed by atoms with E-state index in [2.05, 4.69) is 20.9 Å². The number of ether oxygens (including phenoxy) is 1. The fourth-order valence-electron chi connectivity index (χ4n) is 2.58. The number of aromatic nitrogens is 3. The molecular weight excluding hydrogens is 408 g/mol. The molecule has 3 aromatic rings. The Bertz CT molecular complexity index is 846. The SMILES string of the molecule is Clc1ccc(-c2nc(CSc3nnc(NCC4CCCO4)s3)cs2)cc1. The molecule has 0 saturated carbocycles. The Labute approximate surface area is 169 Å². The van der Waals surface area contributed by atoms with Crippen LogP contribution in [0.1, 0.15) is 18.5 Å². The minimum Gasteiger partial charge on any atom is -0.376 e. The molecule has 0 bridgehead atoms. The Balaban J connectivity index is 1.29. The lowest BCUT2D eigenvalue weighted by Gasteiger charge is -2.08. The van der Waals surface area contributed by atoms with Gasteiger partial charge in [0.05, 0.1) is 11.8 Å². The van der Waals surface area contributed by atoms with Gasteiger partial charge in [0.1, 0.15) is 5.01 Å². The highest BCUT2D eigenvalue weighted by atomic mass is 35.5. The van der Waals surface area contributed by atoms with Crippen LogP contribution in [0.2, 0.25) is 5.02 Å². The highest BCUT2D eigenvalue weighted by Crippen LogP contribution is 2.31. The molecule has 1 N–H and O–H groups in total. The molecule has 0 radical (unpaired) electrons. The average Bonchev–Trinajstić information content (AvgIpc) is 3.40. The number of nitrogens with one attached hydrogen (secondary N) is 1. The van der Waals surface area contributed by atoms with Crippen LogP contribution in [0.3, 0.4) is 0 Å². The number of benzene rings is 1.